The summed E-state index contributed by atoms with van der Waals surface area (Å²) in [5.41, 5.74) is 2.54. The molecule has 7 rings (SSSR count). The Kier molecular flexibility index (Phi) is 7.70. The monoisotopic (exact) mass is 635 g/mol. The Morgan fingerprint density at radius 2 is 1.74 bits per heavy atom. The lowest BCUT2D eigenvalue weighted by Crippen LogP contribution is -2.41. The first kappa shape index (κ1) is 30.2. The predicted molar refractivity (Wildman–Crippen MR) is 170 cm³/mol. The third kappa shape index (κ3) is 6.31. The van der Waals surface area contributed by atoms with E-state index in [1.165, 1.54) is 12.1 Å². The molecule has 4 heterocycles. The van der Waals surface area contributed by atoms with Crippen LogP contribution in [-0.2, 0) is 23.9 Å². The van der Waals surface area contributed by atoms with Gasteiger partial charge in [-0.25, -0.2) is 18.9 Å². The minimum absolute atomic E-state index is 0.0879. The molecule has 0 spiro atoms. The van der Waals surface area contributed by atoms with E-state index >= 15 is 0 Å². The molecule has 1 aliphatic heterocycles. The zero-order valence-corrected chi connectivity index (χ0v) is 26.2. The van der Waals surface area contributed by atoms with Gasteiger partial charge in [-0.2, -0.15) is 10.2 Å². The summed E-state index contributed by atoms with van der Waals surface area (Å²) in [6.45, 7) is 5.00. The number of ether oxygens (including phenoxy) is 2. The molecule has 1 aliphatic carbocycles. The first-order chi connectivity index (χ1) is 22.6. The van der Waals surface area contributed by atoms with Gasteiger partial charge in [0.1, 0.15) is 24.2 Å². The average Bonchev–Trinajstić information content (AvgIpc) is 3.57. The lowest BCUT2D eigenvalue weighted by molar-refractivity contribution is 0.0740. The quantitative estimate of drug-likeness (QED) is 0.239. The number of hydrogen-bond acceptors (Lipinski definition) is 7. The van der Waals surface area contributed by atoms with E-state index in [1.54, 1.807) is 53.1 Å². The lowest BCUT2D eigenvalue weighted by Gasteiger charge is -2.27. The highest BCUT2D eigenvalue weighted by atomic mass is 19.1. The molecule has 3 atom stereocenters. The number of aromatic nitrogens is 5. The topological polar surface area (TPSA) is 116 Å². The number of likely N-dealkylation sites (tertiary alicyclic amines) is 1. The summed E-state index contributed by atoms with van der Waals surface area (Å²) >= 11 is 0. The fraction of sp³-hybridized carbons (Fsp3) is 0.286. The van der Waals surface area contributed by atoms with Gasteiger partial charge in [0.15, 0.2) is 5.82 Å². The van der Waals surface area contributed by atoms with Crippen molar-refractivity contribution in [3.05, 3.63) is 114 Å². The van der Waals surface area contributed by atoms with Crippen molar-refractivity contribution >= 4 is 12.0 Å². The molecule has 0 radical (unpaired) electrons. The molecule has 2 fully saturated rings. The summed E-state index contributed by atoms with van der Waals surface area (Å²) in [6, 6.07) is 22.7. The molecule has 0 bridgehead atoms. The summed E-state index contributed by atoms with van der Waals surface area (Å²) < 4.78 is 28.9. The highest BCUT2D eigenvalue weighted by Gasteiger charge is 2.59. The van der Waals surface area contributed by atoms with Gasteiger partial charge in [-0.15, -0.1) is 0 Å². The first-order valence-corrected chi connectivity index (χ1v) is 15.4. The Balaban J connectivity index is 1.05. The van der Waals surface area contributed by atoms with Gasteiger partial charge in [-0.1, -0.05) is 30.3 Å². The Bertz CT molecular complexity index is 1900. The van der Waals surface area contributed by atoms with Gasteiger partial charge in [0.2, 0.25) is 5.88 Å². The molecule has 3 aromatic heterocycles. The van der Waals surface area contributed by atoms with Crippen LogP contribution in [0.3, 0.4) is 0 Å². The maximum absolute atomic E-state index is 13.7. The second-order valence-corrected chi connectivity index (χ2v) is 12.5. The van der Waals surface area contributed by atoms with E-state index in [0.29, 0.717) is 41.7 Å². The molecule has 2 aromatic carbocycles. The van der Waals surface area contributed by atoms with E-state index in [0.717, 1.165) is 11.1 Å². The van der Waals surface area contributed by atoms with Crippen LogP contribution in [0.25, 0.3) is 17.1 Å². The number of aryl methyl sites for hydroxylation is 1. The summed E-state index contributed by atoms with van der Waals surface area (Å²) in [6.07, 6.45) is 2.77. The Hall–Kier alpha value is -5.52. The van der Waals surface area contributed by atoms with E-state index in [2.05, 4.69) is 15.5 Å². The van der Waals surface area contributed by atoms with Crippen LogP contribution in [0.2, 0.25) is 0 Å². The first-order valence-electron chi connectivity index (χ1n) is 15.4. The van der Waals surface area contributed by atoms with Crippen LogP contribution in [0.5, 0.6) is 5.88 Å². The lowest BCUT2D eigenvalue weighted by atomic mass is 9.93. The Morgan fingerprint density at radius 1 is 1.00 bits per heavy atom. The highest BCUT2D eigenvalue weighted by molar-refractivity contribution is 5.93. The number of alkyl carbamates (subject to hydrolysis) is 1. The second kappa shape index (κ2) is 12.0. The van der Waals surface area contributed by atoms with Crippen LogP contribution in [0.4, 0.5) is 9.18 Å². The SMILES string of the molecule is Cn1nc(-n2cccn2)cc1C(=O)N1C[C@@H]2C(Oc3cc(C(C)(C)NC(=O)OCc4ccccc4)cc(-c4ccc(F)cc4)n3)[C@@H]2C1. The molecule has 240 valence electrons. The third-order valence-electron chi connectivity index (χ3n) is 8.78. The van der Waals surface area contributed by atoms with E-state index in [1.807, 2.05) is 61.2 Å². The summed E-state index contributed by atoms with van der Waals surface area (Å²) in [4.78, 5) is 32.8. The fourth-order valence-corrected chi connectivity index (χ4v) is 6.06. The minimum Gasteiger partial charge on any atom is -0.474 e. The number of nitrogens with zero attached hydrogens (tertiary/aromatic N) is 6. The van der Waals surface area contributed by atoms with Crippen molar-refractivity contribution in [1.82, 2.24) is 34.8 Å². The van der Waals surface area contributed by atoms with E-state index in [9.17, 15) is 14.0 Å². The van der Waals surface area contributed by atoms with Gasteiger partial charge in [0, 0.05) is 62.1 Å². The number of hydrogen-bond donors (Lipinski definition) is 1. The number of carbonyl (C=O) groups is 2. The van der Waals surface area contributed by atoms with Crippen LogP contribution < -0.4 is 10.1 Å². The van der Waals surface area contributed by atoms with Gasteiger partial charge in [0.05, 0.1) is 11.2 Å². The second-order valence-electron chi connectivity index (χ2n) is 12.5. The Morgan fingerprint density at radius 3 is 2.45 bits per heavy atom. The number of rotatable bonds is 9. The number of carbonyl (C=O) groups excluding carboxylic acids is 2. The third-order valence-corrected chi connectivity index (χ3v) is 8.78. The maximum Gasteiger partial charge on any atom is 0.408 e. The van der Waals surface area contributed by atoms with Crippen molar-refractivity contribution in [3.8, 4) is 23.0 Å². The van der Waals surface area contributed by atoms with Crippen molar-refractivity contribution in [2.24, 2.45) is 18.9 Å². The zero-order chi connectivity index (χ0) is 32.7. The van der Waals surface area contributed by atoms with Crippen LogP contribution in [0.15, 0.2) is 91.3 Å². The standard InChI is InChI=1S/C35H34FN7O4/c1-35(2,39-34(45)46-21-22-8-5-4-6-9-22)24-16-28(23-10-12-25(36)13-11-23)38-31(17-24)47-32-26-19-42(20-27(26)32)33(44)29-18-30(40-41(29)3)43-15-7-14-37-43/h4-18,26-27,32H,19-21H2,1-3H3,(H,39,45)/t26-,27+,32?. The Labute approximate surface area is 270 Å². The summed E-state index contributed by atoms with van der Waals surface area (Å²) in [7, 11) is 1.75. The molecule has 12 heteroatoms. The number of benzene rings is 2. The van der Waals surface area contributed by atoms with E-state index in [4.69, 9.17) is 14.5 Å². The summed E-state index contributed by atoms with van der Waals surface area (Å²) in [5, 5.41) is 11.6. The van der Waals surface area contributed by atoms with Crippen molar-refractivity contribution < 1.29 is 23.5 Å². The van der Waals surface area contributed by atoms with Gasteiger partial charge in [0.25, 0.3) is 5.91 Å². The van der Waals surface area contributed by atoms with Crippen LogP contribution in [-0.4, -0.2) is 60.6 Å². The van der Waals surface area contributed by atoms with Crippen LogP contribution in [0.1, 0.15) is 35.5 Å². The predicted octanol–water partition coefficient (Wildman–Crippen LogP) is 5.12. The number of halogens is 1. The van der Waals surface area contributed by atoms with E-state index < -0.39 is 11.6 Å². The normalized spacial score (nSPS) is 18.5. The van der Waals surface area contributed by atoms with Gasteiger partial charge >= 0.3 is 6.09 Å². The maximum atomic E-state index is 13.7. The van der Waals surface area contributed by atoms with Crippen molar-refractivity contribution in [2.45, 2.75) is 32.1 Å². The highest BCUT2D eigenvalue weighted by Crippen LogP contribution is 2.48. The zero-order valence-electron chi connectivity index (χ0n) is 26.2. The smallest absolute Gasteiger partial charge is 0.408 e. The molecule has 1 saturated heterocycles. The molecular weight excluding hydrogens is 601 g/mol. The molecule has 1 unspecified atom stereocenters. The number of nitrogens with one attached hydrogen (secondary N) is 1. The molecular formula is C35H34FN7O4. The number of fused-ring (bicyclic) bond motifs is 1. The number of piperidine rings is 1. The fourth-order valence-electron chi connectivity index (χ4n) is 6.06. The van der Waals surface area contributed by atoms with Gasteiger partial charge in [-0.05, 0) is 61.4 Å². The molecule has 2 aliphatic rings. The number of pyridine rings is 1. The van der Waals surface area contributed by atoms with Gasteiger partial charge < -0.3 is 19.7 Å². The van der Waals surface area contributed by atoms with Crippen molar-refractivity contribution in [1.29, 1.82) is 0 Å². The molecule has 2 amide bonds. The van der Waals surface area contributed by atoms with Gasteiger partial charge in [-0.3, -0.25) is 9.48 Å². The van der Waals surface area contributed by atoms with Crippen LogP contribution >= 0.6 is 0 Å². The number of amides is 2. The van der Waals surface area contributed by atoms with E-state index in [-0.39, 0.29) is 36.3 Å². The molecule has 1 N–H and O–H groups in total. The minimum atomic E-state index is -0.857. The van der Waals surface area contributed by atoms with Crippen LogP contribution in [0, 0.1) is 17.7 Å². The van der Waals surface area contributed by atoms with Crippen molar-refractivity contribution in [2.75, 3.05) is 13.1 Å². The van der Waals surface area contributed by atoms with Crippen molar-refractivity contribution in [3.63, 3.8) is 0 Å². The molecule has 1 saturated carbocycles. The average molecular weight is 636 g/mol. The molecule has 11 nitrogen and oxygen atoms in total. The molecule has 47 heavy (non-hydrogen) atoms. The largest absolute Gasteiger partial charge is 0.474 e. The molecule has 5 aromatic rings. The summed E-state index contributed by atoms with van der Waals surface area (Å²) in [5.74, 6) is 0.861.